The van der Waals surface area contributed by atoms with Crippen molar-refractivity contribution in [3.05, 3.63) is 30.1 Å². The SMILES string of the molecule is O=C(O)NCC1(c2ccccn2)C2CCNCC21. The fourth-order valence-corrected chi connectivity index (χ4v) is 3.50. The Balaban J connectivity index is 1.88. The number of hydrogen-bond acceptors (Lipinski definition) is 3. The summed E-state index contributed by atoms with van der Waals surface area (Å²) in [6, 6.07) is 5.89. The Bertz CT molecular complexity index is 437. The minimum atomic E-state index is -0.957. The van der Waals surface area contributed by atoms with Gasteiger partial charge < -0.3 is 15.7 Å². The summed E-state index contributed by atoms with van der Waals surface area (Å²) in [5.41, 5.74) is 0.931. The van der Waals surface area contributed by atoms with Crippen LogP contribution in [-0.4, -0.2) is 35.8 Å². The Morgan fingerprint density at radius 2 is 2.44 bits per heavy atom. The van der Waals surface area contributed by atoms with E-state index in [9.17, 15) is 4.79 Å². The van der Waals surface area contributed by atoms with Crippen LogP contribution in [0.4, 0.5) is 4.79 Å². The third-order valence-corrected chi connectivity index (χ3v) is 4.37. The maximum absolute atomic E-state index is 10.8. The van der Waals surface area contributed by atoms with Gasteiger partial charge in [-0.1, -0.05) is 6.07 Å². The molecule has 96 valence electrons. The van der Waals surface area contributed by atoms with Crippen molar-refractivity contribution in [1.82, 2.24) is 15.6 Å². The van der Waals surface area contributed by atoms with Gasteiger partial charge in [-0.15, -0.1) is 0 Å². The van der Waals surface area contributed by atoms with Crippen molar-refractivity contribution in [2.75, 3.05) is 19.6 Å². The minimum absolute atomic E-state index is 0.0941. The third-order valence-electron chi connectivity index (χ3n) is 4.37. The van der Waals surface area contributed by atoms with Gasteiger partial charge in [0.1, 0.15) is 0 Å². The van der Waals surface area contributed by atoms with Crippen LogP contribution in [-0.2, 0) is 5.41 Å². The summed E-state index contributed by atoms with van der Waals surface area (Å²) < 4.78 is 0. The largest absolute Gasteiger partial charge is 0.465 e. The van der Waals surface area contributed by atoms with Gasteiger partial charge in [0.15, 0.2) is 0 Å². The second kappa shape index (κ2) is 4.24. The highest BCUT2D eigenvalue weighted by molar-refractivity contribution is 5.65. The molecule has 5 nitrogen and oxygen atoms in total. The van der Waals surface area contributed by atoms with Crippen LogP contribution >= 0.6 is 0 Å². The molecule has 0 bridgehead atoms. The molecule has 1 aliphatic carbocycles. The Morgan fingerprint density at radius 1 is 1.56 bits per heavy atom. The second-order valence-corrected chi connectivity index (χ2v) is 5.12. The van der Waals surface area contributed by atoms with E-state index in [1.54, 1.807) is 6.20 Å². The van der Waals surface area contributed by atoms with Crippen molar-refractivity contribution in [2.45, 2.75) is 11.8 Å². The van der Waals surface area contributed by atoms with E-state index in [1.807, 2.05) is 18.2 Å². The molecule has 2 fully saturated rings. The van der Waals surface area contributed by atoms with E-state index in [-0.39, 0.29) is 5.41 Å². The van der Waals surface area contributed by atoms with Crippen molar-refractivity contribution >= 4 is 6.09 Å². The lowest BCUT2D eigenvalue weighted by Crippen LogP contribution is -2.34. The van der Waals surface area contributed by atoms with E-state index < -0.39 is 6.09 Å². The highest BCUT2D eigenvalue weighted by Crippen LogP contribution is 2.61. The van der Waals surface area contributed by atoms with Gasteiger partial charge in [-0.2, -0.15) is 0 Å². The van der Waals surface area contributed by atoms with Gasteiger partial charge in [-0.3, -0.25) is 4.98 Å². The number of carbonyl (C=O) groups is 1. The molecular formula is C13H17N3O2. The van der Waals surface area contributed by atoms with Gasteiger partial charge >= 0.3 is 6.09 Å². The topological polar surface area (TPSA) is 74.2 Å². The van der Waals surface area contributed by atoms with Crippen LogP contribution in [0.15, 0.2) is 24.4 Å². The minimum Gasteiger partial charge on any atom is -0.465 e. The monoisotopic (exact) mass is 247 g/mol. The molecule has 0 spiro atoms. The molecule has 1 aliphatic heterocycles. The van der Waals surface area contributed by atoms with Gasteiger partial charge in [0.2, 0.25) is 0 Å². The highest BCUT2D eigenvalue weighted by Gasteiger charge is 2.66. The number of aromatic nitrogens is 1. The molecule has 1 aromatic heterocycles. The van der Waals surface area contributed by atoms with Crippen molar-refractivity contribution in [2.24, 2.45) is 11.8 Å². The standard InChI is InChI=1S/C13H17N3O2/c17-12(18)16-8-13(11-3-1-2-5-15-11)9-4-6-14-7-10(9)13/h1-3,5,9-10,14,16H,4,6-8H2,(H,17,18). The van der Waals surface area contributed by atoms with Crippen molar-refractivity contribution in [3.63, 3.8) is 0 Å². The number of pyridine rings is 1. The van der Waals surface area contributed by atoms with E-state index in [2.05, 4.69) is 15.6 Å². The molecule has 1 saturated heterocycles. The summed E-state index contributed by atoms with van der Waals surface area (Å²) in [5.74, 6) is 1.06. The number of hydrogen-bond donors (Lipinski definition) is 3. The molecular weight excluding hydrogens is 230 g/mol. The third kappa shape index (κ3) is 1.66. The number of amides is 1. The summed E-state index contributed by atoms with van der Waals surface area (Å²) in [6.07, 6.45) is 1.93. The smallest absolute Gasteiger partial charge is 0.404 e. The first-order valence-electron chi connectivity index (χ1n) is 6.34. The molecule has 3 N–H and O–H groups in total. The van der Waals surface area contributed by atoms with Gasteiger partial charge in [-0.05, 0) is 43.5 Å². The van der Waals surface area contributed by atoms with E-state index in [0.717, 1.165) is 25.2 Å². The lowest BCUT2D eigenvalue weighted by molar-refractivity contribution is 0.192. The van der Waals surface area contributed by atoms with Crippen LogP contribution in [0.2, 0.25) is 0 Å². The maximum Gasteiger partial charge on any atom is 0.404 e. The maximum atomic E-state index is 10.8. The number of fused-ring (bicyclic) bond motifs is 1. The Morgan fingerprint density at radius 3 is 3.06 bits per heavy atom. The molecule has 3 atom stereocenters. The average Bonchev–Trinajstić information content (AvgIpc) is 3.07. The summed E-state index contributed by atoms with van der Waals surface area (Å²) >= 11 is 0. The number of carboxylic acid groups (broad SMARTS) is 1. The van der Waals surface area contributed by atoms with E-state index in [0.29, 0.717) is 18.4 Å². The average molecular weight is 247 g/mol. The molecule has 3 unspecified atom stereocenters. The van der Waals surface area contributed by atoms with Gasteiger partial charge in [0, 0.05) is 23.9 Å². The van der Waals surface area contributed by atoms with Gasteiger partial charge in [0.05, 0.1) is 0 Å². The van der Waals surface area contributed by atoms with Crippen molar-refractivity contribution < 1.29 is 9.90 Å². The van der Waals surface area contributed by atoms with Crippen molar-refractivity contribution in [1.29, 1.82) is 0 Å². The van der Waals surface area contributed by atoms with Crippen LogP contribution in [0.25, 0.3) is 0 Å². The molecule has 0 aromatic carbocycles. The summed E-state index contributed by atoms with van der Waals surface area (Å²) in [6.45, 7) is 2.45. The van der Waals surface area contributed by atoms with Crippen LogP contribution < -0.4 is 10.6 Å². The Hall–Kier alpha value is -1.62. The summed E-state index contributed by atoms with van der Waals surface area (Å²) in [5, 5.41) is 14.8. The highest BCUT2D eigenvalue weighted by atomic mass is 16.4. The number of rotatable bonds is 3. The first kappa shape index (κ1) is 11.5. The number of nitrogens with one attached hydrogen (secondary N) is 2. The number of nitrogens with zero attached hydrogens (tertiary/aromatic N) is 1. The van der Waals surface area contributed by atoms with Crippen molar-refractivity contribution in [3.8, 4) is 0 Å². The summed E-state index contributed by atoms with van der Waals surface area (Å²) in [4.78, 5) is 15.2. The molecule has 0 radical (unpaired) electrons. The Labute approximate surface area is 106 Å². The lowest BCUT2D eigenvalue weighted by atomic mass is 9.96. The zero-order chi connectivity index (χ0) is 12.6. The molecule has 5 heteroatoms. The summed E-state index contributed by atoms with van der Waals surface area (Å²) in [7, 11) is 0. The molecule has 1 saturated carbocycles. The number of piperidine rings is 1. The molecule has 2 heterocycles. The zero-order valence-electron chi connectivity index (χ0n) is 10.1. The molecule has 3 rings (SSSR count). The van der Waals surface area contributed by atoms with E-state index in [1.165, 1.54) is 0 Å². The van der Waals surface area contributed by atoms with E-state index in [4.69, 9.17) is 5.11 Å². The molecule has 2 aliphatic rings. The second-order valence-electron chi connectivity index (χ2n) is 5.12. The van der Waals surface area contributed by atoms with Crippen LogP contribution in [0.5, 0.6) is 0 Å². The van der Waals surface area contributed by atoms with E-state index >= 15 is 0 Å². The molecule has 1 aromatic rings. The quantitative estimate of drug-likeness (QED) is 0.739. The normalized spacial score (nSPS) is 33.6. The zero-order valence-corrected chi connectivity index (χ0v) is 10.1. The molecule has 1 amide bonds. The molecule has 18 heavy (non-hydrogen) atoms. The fourth-order valence-electron chi connectivity index (χ4n) is 3.50. The first-order chi connectivity index (χ1) is 8.75. The van der Waals surface area contributed by atoms with Crippen LogP contribution in [0, 0.1) is 11.8 Å². The Kier molecular flexibility index (Phi) is 2.70. The lowest BCUT2D eigenvalue weighted by Gasteiger charge is -2.17. The predicted octanol–water partition coefficient (Wildman–Crippen LogP) is 0.826. The van der Waals surface area contributed by atoms with Crippen LogP contribution in [0.3, 0.4) is 0 Å². The predicted molar refractivity (Wildman–Crippen MR) is 66.4 cm³/mol. The fraction of sp³-hybridized carbons (Fsp3) is 0.538. The van der Waals surface area contributed by atoms with Gasteiger partial charge in [-0.25, -0.2) is 4.79 Å². The first-order valence-corrected chi connectivity index (χ1v) is 6.34. The van der Waals surface area contributed by atoms with Gasteiger partial charge in [0.25, 0.3) is 0 Å². The van der Waals surface area contributed by atoms with Crippen LogP contribution in [0.1, 0.15) is 12.1 Å².